The zero-order valence-corrected chi connectivity index (χ0v) is 14.6. The molecule has 1 saturated carbocycles. The molecule has 126 valence electrons. The molecule has 1 aliphatic carbocycles. The van der Waals surface area contributed by atoms with E-state index >= 15 is 0 Å². The van der Waals surface area contributed by atoms with Gasteiger partial charge in [0.05, 0.1) is 0 Å². The SMILES string of the molecule is O=C(CC1CCCC1)NCC1(Sc2ccccc2)CCOCC1. The second-order valence-electron chi connectivity index (χ2n) is 6.84. The molecule has 1 heterocycles. The number of benzene rings is 1. The number of amides is 1. The van der Waals surface area contributed by atoms with Crippen molar-refractivity contribution in [1.29, 1.82) is 0 Å². The van der Waals surface area contributed by atoms with Crippen LogP contribution in [0.1, 0.15) is 44.9 Å². The Hall–Kier alpha value is -1.00. The van der Waals surface area contributed by atoms with Crippen LogP contribution in [0.2, 0.25) is 0 Å². The Morgan fingerprint density at radius 2 is 1.87 bits per heavy atom. The minimum Gasteiger partial charge on any atom is -0.381 e. The topological polar surface area (TPSA) is 38.3 Å². The molecule has 0 unspecified atom stereocenters. The average Bonchev–Trinajstić information content (AvgIpc) is 3.08. The summed E-state index contributed by atoms with van der Waals surface area (Å²) in [6, 6.07) is 10.5. The molecule has 4 heteroatoms. The summed E-state index contributed by atoms with van der Waals surface area (Å²) in [7, 11) is 0. The van der Waals surface area contributed by atoms with E-state index in [9.17, 15) is 4.79 Å². The number of thioether (sulfide) groups is 1. The van der Waals surface area contributed by atoms with Crippen molar-refractivity contribution in [2.24, 2.45) is 5.92 Å². The molecule has 1 aromatic rings. The molecule has 1 amide bonds. The first-order chi connectivity index (χ1) is 11.3. The van der Waals surface area contributed by atoms with Crippen molar-refractivity contribution in [3.05, 3.63) is 30.3 Å². The van der Waals surface area contributed by atoms with E-state index in [1.165, 1.54) is 30.6 Å². The third-order valence-electron chi connectivity index (χ3n) is 5.04. The van der Waals surface area contributed by atoms with Crippen LogP contribution in [0.5, 0.6) is 0 Å². The summed E-state index contributed by atoms with van der Waals surface area (Å²) >= 11 is 1.90. The fourth-order valence-electron chi connectivity index (χ4n) is 3.61. The third-order valence-corrected chi connectivity index (χ3v) is 6.53. The monoisotopic (exact) mass is 333 g/mol. The minimum absolute atomic E-state index is 0.0743. The van der Waals surface area contributed by atoms with Crippen LogP contribution in [0.15, 0.2) is 35.2 Å². The largest absolute Gasteiger partial charge is 0.381 e. The smallest absolute Gasteiger partial charge is 0.220 e. The second-order valence-corrected chi connectivity index (χ2v) is 8.38. The van der Waals surface area contributed by atoms with Gasteiger partial charge in [-0.1, -0.05) is 31.0 Å². The molecule has 1 N–H and O–H groups in total. The van der Waals surface area contributed by atoms with Gasteiger partial charge in [-0.25, -0.2) is 0 Å². The van der Waals surface area contributed by atoms with E-state index in [4.69, 9.17) is 4.74 Å². The summed E-state index contributed by atoms with van der Waals surface area (Å²) in [5, 5.41) is 3.23. The van der Waals surface area contributed by atoms with Crippen LogP contribution in [-0.2, 0) is 9.53 Å². The van der Waals surface area contributed by atoms with Crippen LogP contribution in [0.3, 0.4) is 0 Å². The second kappa shape index (κ2) is 8.20. The van der Waals surface area contributed by atoms with Gasteiger partial charge in [0.2, 0.25) is 5.91 Å². The predicted molar refractivity (Wildman–Crippen MR) is 94.7 cm³/mol. The summed E-state index contributed by atoms with van der Waals surface area (Å²) in [5.74, 6) is 0.846. The highest BCUT2D eigenvalue weighted by Gasteiger charge is 2.34. The van der Waals surface area contributed by atoms with Crippen molar-refractivity contribution >= 4 is 17.7 Å². The van der Waals surface area contributed by atoms with Gasteiger partial charge >= 0.3 is 0 Å². The van der Waals surface area contributed by atoms with Crippen molar-refractivity contribution in [2.45, 2.75) is 54.6 Å². The van der Waals surface area contributed by atoms with E-state index < -0.39 is 0 Å². The van der Waals surface area contributed by atoms with E-state index in [1.54, 1.807) is 0 Å². The summed E-state index contributed by atoms with van der Waals surface area (Å²) < 4.78 is 5.63. The van der Waals surface area contributed by atoms with Crippen molar-refractivity contribution in [3.63, 3.8) is 0 Å². The maximum atomic E-state index is 12.3. The minimum atomic E-state index is 0.0743. The van der Waals surface area contributed by atoms with Gasteiger partial charge in [0.15, 0.2) is 0 Å². The van der Waals surface area contributed by atoms with Gasteiger partial charge in [0.25, 0.3) is 0 Å². The lowest BCUT2D eigenvalue weighted by molar-refractivity contribution is -0.122. The van der Waals surface area contributed by atoms with Crippen molar-refractivity contribution < 1.29 is 9.53 Å². The molecular formula is C19H27NO2S. The zero-order chi connectivity index (χ0) is 16.0. The standard InChI is InChI=1S/C19H27NO2S/c21-18(14-16-6-4-5-7-16)20-15-19(10-12-22-13-11-19)23-17-8-2-1-3-9-17/h1-3,8-9,16H,4-7,10-15H2,(H,20,21). The fourth-order valence-corrected chi connectivity index (χ4v) is 4.91. The first kappa shape index (κ1) is 16.8. The molecule has 3 nitrogen and oxygen atoms in total. The third kappa shape index (κ3) is 4.98. The number of carbonyl (C=O) groups excluding carboxylic acids is 1. The summed E-state index contributed by atoms with van der Waals surface area (Å²) in [6.07, 6.45) is 7.75. The van der Waals surface area contributed by atoms with E-state index in [-0.39, 0.29) is 10.7 Å². The first-order valence-corrected chi connectivity index (χ1v) is 9.66. The molecule has 2 fully saturated rings. The van der Waals surface area contributed by atoms with Crippen LogP contribution >= 0.6 is 11.8 Å². The maximum Gasteiger partial charge on any atom is 0.220 e. The van der Waals surface area contributed by atoms with Crippen LogP contribution in [0.25, 0.3) is 0 Å². The van der Waals surface area contributed by atoms with Gasteiger partial charge in [0, 0.05) is 35.8 Å². The Kier molecular flexibility index (Phi) is 6.01. The van der Waals surface area contributed by atoms with Gasteiger partial charge in [-0.2, -0.15) is 0 Å². The van der Waals surface area contributed by atoms with Crippen LogP contribution in [0, 0.1) is 5.92 Å². The van der Waals surface area contributed by atoms with Gasteiger partial charge in [-0.15, -0.1) is 11.8 Å². The Labute approximate surface area is 143 Å². The van der Waals surface area contributed by atoms with Crippen molar-refractivity contribution in [2.75, 3.05) is 19.8 Å². The number of hydrogen-bond acceptors (Lipinski definition) is 3. The molecule has 23 heavy (non-hydrogen) atoms. The lowest BCUT2D eigenvalue weighted by atomic mass is 9.98. The van der Waals surface area contributed by atoms with Crippen LogP contribution in [0.4, 0.5) is 0 Å². The molecule has 0 bridgehead atoms. The van der Waals surface area contributed by atoms with Crippen LogP contribution in [-0.4, -0.2) is 30.4 Å². The highest BCUT2D eigenvalue weighted by atomic mass is 32.2. The van der Waals surface area contributed by atoms with E-state index in [2.05, 4.69) is 29.6 Å². The molecule has 1 saturated heterocycles. The zero-order valence-electron chi connectivity index (χ0n) is 13.8. The average molecular weight is 333 g/mol. The number of rotatable bonds is 6. The molecule has 0 spiro atoms. The maximum absolute atomic E-state index is 12.3. The van der Waals surface area contributed by atoms with Gasteiger partial charge < -0.3 is 10.1 Å². The number of hydrogen-bond donors (Lipinski definition) is 1. The molecule has 0 aromatic heterocycles. The lowest BCUT2D eigenvalue weighted by Gasteiger charge is -2.36. The Balaban J connectivity index is 1.56. The van der Waals surface area contributed by atoms with Crippen LogP contribution < -0.4 is 5.32 Å². The normalized spacial score (nSPS) is 21.2. The predicted octanol–water partition coefficient (Wildman–Crippen LogP) is 4.02. The molecular weight excluding hydrogens is 306 g/mol. The van der Waals surface area contributed by atoms with Crippen molar-refractivity contribution in [3.8, 4) is 0 Å². The molecule has 1 aromatic carbocycles. The Morgan fingerprint density at radius 1 is 1.17 bits per heavy atom. The molecule has 0 radical (unpaired) electrons. The Bertz CT molecular complexity index is 493. The Morgan fingerprint density at radius 3 is 2.57 bits per heavy atom. The lowest BCUT2D eigenvalue weighted by Crippen LogP contribution is -2.44. The summed E-state index contributed by atoms with van der Waals surface area (Å²) in [6.45, 7) is 2.33. The van der Waals surface area contributed by atoms with E-state index in [0.29, 0.717) is 12.3 Å². The molecule has 2 aliphatic rings. The molecule has 3 rings (SSSR count). The molecule has 1 aliphatic heterocycles. The van der Waals surface area contributed by atoms with E-state index in [0.717, 1.165) is 32.6 Å². The summed E-state index contributed by atoms with van der Waals surface area (Å²) in [5.41, 5.74) is 0. The van der Waals surface area contributed by atoms with Gasteiger partial charge in [-0.3, -0.25) is 4.79 Å². The number of carbonyl (C=O) groups is 1. The summed E-state index contributed by atoms with van der Waals surface area (Å²) in [4.78, 5) is 13.6. The molecule has 0 atom stereocenters. The van der Waals surface area contributed by atoms with Crippen molar-refractivity contribution in [1.82, 2.24) is 5.32 Å². The highest BCUT2D eigenvalue weighted by Crippen LogP contribution is 2.40. The van der Waals surface area contributed by atoms with Gasteiger partial charge in [0.1, 0.15) is 0 Å². The first-order valence-electron chi connectivity index (χ1n) is 8.84. The fraction of sp³-hybridized carbons (Fsp3) is 0.632. The van der Waals surface area contributed by atoms with Gasteiger partial charge in [-0.05, 0) is 43.7 Å². The quantitative estimate of drug-likeness (QED) is 0.854. The highest BCUT2D eigenvalue weighted by molar-refractivity contribution is 8.00. The number of ether oxygens (including phenoxy) is 1. The number of nitrogens with one attached hydrogen (secondary N) is 1. The van der Waals surface area contributed by atoms with E-state index in [1.807, 2.05) is 17.8 Å².